The maximum atomic E-state index is 5.46. The van der Waals surface area contributed by atoms with Crippen molar-refractivity contribution in [3.05, 3.63) is 93.7 Å². The molecule has 3 nitrogen and oxygen atoms in total. The molecule has 1 aromatic carbocycles. The molecule has 0 saturated heterocycles. The molecule has 1 aliphatic heterocycles. The van der Waals surface area contributed by atoms with Crippen molar-refractivity contribution in [1.29, 1.82) is 0 Å². The number of ether oxygens (including phenoxy) is 2. The van der Waals surface area contributed by atoms with Crippen molar-refractivity contribution in [2.45, 2.75) is 119 Å². The molecule has 42 heavy (non-hydrogen) atoms. The van der Waals surface area contributed by atoms with Gasteiger partial charge in [0.05, 0.1) is 0 Å². The van der Waals surface area contributed by atoms with E-state index in [0.29, 0.717) is 6.79 Å². The highest BCUT2D eigenvalue weighted by Gasteiger charge is 2.12. The Balaban J connectivity index is 0.00000882. The van der Waals surface area contributed by atoms with Crippen LogP contribution >= 0.6 is 12.4 Å². The lowest BCUT2D eigenvalue weighted by Gasteiger charge is -2.05. The van der Waals surface area contributed by atoms with Crippen molar-refractivity contribution in [2.24, 2.45) is 0 Å². The van der Waals surface area contributed by atoms with Crippen LogP contribution in [0.25, 0.3) is 0 Å². The lowest BCUT2D eigenvalue weighted by Crippen LogP contribution is -2.13. The van der Waals surface area contributed by atoms with E-state index in [-0.39, 0.29) is 12.4 Å². The van der Waals surface area contributed by atoms with E-state index in [1.54, 1.807) is 0 Å². The molecule has 1 heterocycles. The summed E-state index contributed by atoms with van der Waals surface area (Å²) in [7, 11) is 0. The molecule has 0 saturated carbocycles. The van der Waals surface area contributed by atoms with Crippen LogP contribution in [0.1, 0.15) is 118 Å². The first-order valence-electron chi connectivity index (χ1n) is 15.7. The average Bonchev–Trinajstić information content (AvgIpc) is 3.39. The van der Waals surface area contributed by atoms with E-state index in [1.807, 2.05) is 6.07 Å². The summed E-state index contributed by atoms with van der Waals surface area (Å²) in [6.07, 6.45) is 25.9. The normalized spacial score (nSPS) is 14.2. The predicted molar refractivity (Wildman–Crippen MR) is 186 cm³/mol. The van der Waals surface area contributed by atoms with Crippen LogP contribution in [0.2, 0.25) is 0 Å². The number of rotatable bonds is 19. The maximum Gasteiger partial charge on any atom is 0.231 e. The summed E-state index contributed by atoms with van der Waals surface area (Å²) in [6.45, 7) is 17.7. The molecule has 1 aromatic rings. The van der Waals surface area contributed by atoms with Crippen molar-refractivity contribution in [3.8, 4) is 11.5 Å². The van der Waals surface area contributed by atoms with Crippen LogP contribution in [0.5, 0.6) is 11.5 Å². The van der Waals surface area contributed by atoms with Gasteiger partial charge in [0.15, 0.2) is 11.5 Å². The fourth-order valence-corrected chi connectivity index (χ4v) is 4.80. The summed E-state index contributed by atoms with van der Waals surface area (Å²) in [5.74, 6) is 1.69. The van der Waals surface area contributed by atoms with Gasteiger partial charge < -0.3 is 14.8 Å². The molecule has 0 amide bonds. The molecule has 0 atom stereocenters. The second-order valence-electron chi connectivity index (χ2n) is 12.0. The highest BCUT2D eigenvalue weighted by molar-refractivity contribution is 5.85. The van der Waals surface area contributed by atoms with Crippen LogP contribution in [0.15, 0.2) is 88.1 Å². The van der Waals surface area contributed by atoms with E-state index in [9.17, 15) is 0 Å². The summed E-state index contributed by atoms with van der Waals surface area (Å²) in [5, 5.41) is 3.50. The highest BCUT2D eigenvalue weighted by atomic mass is 35.5. The Morgan fingerprint density at radius 3 is 1.50 bits per heavy atom. The van der Waals surface area contributed by atoms with Gasteiger partial charge in [0.2, 0.25) is 6.79 Å². The summed E-state index contributed by atoms with van der Waals surface area (Å²) >= 11 is 0. The minimum atomic E-state index is 0. The zero-order valence-corrected chi connectivity index (χ0v) is 28.4. The summed E-state index contributed by atoms with van der Waals surface area (Å²) in [5.41, 5.74) is 10.1. The van der Waals surface area contributed by atoms with Gasteiger partial charge in [-0.25, -0.2) is 0 Å². The number of benzene rings is 1. The number of halogens is 1. The summed E-state index contributed by atoms with van der Waals surface area (Å²) < 4.78 is 10.8. The Kier molecular flexibility index (Phi) is 19.8. The third kappa shape index (κ3) is 17.5. The van der Waals surface area contributed by atoms with Gasteiger partial charge in [0.25, 0.3) is 0 Å². The van der Waals surface area contributed by atoms with Crippen LogP contribution in [0.3, 0.4) is 0 Å². The Morgan fingerprint density at radius 1 is 0.595 bits per heavy atom. The number of hydrogen-bond donors (Lipinski definition) is 1. The molecule has 0 fully saturated rings. The minimum Gasteiger partial charge on any atom is -0.454 e. The number of nitrogens with one attached hydrogen (secondary N) is 1. The molecule has 1 N–H and O–H groups in total. The Labute approximate surface area is 264 Å². The molecule has 0 radical (unpaired) electrons. The van der Waals surface area contributed by atoms with Gasteiger partial charge in [-0.2, -0.15) is 0 Å². The lowest BCUT2D eigenvalue weighted by molar-refractivity contribution is 0.174. The zero-order valence-electron chi connectivity index (χ0n) is 27.6. The van der Waals surface area contributed by atoms with Gasteiger partial charge in [0, 0.05) is 13.1 Å². The average molecular weight is 596 g/mol. The van der Waals surface area contributed by atoms with E-state index in [2.05, 4.69) is 102 Å². The Morgan fingerprint density at radius 2 is 1.02 bits per heavy atom. The van der Waals surface area contributed by atoms with E-state index >= 15 is 0 Å². The Hall–Kier alpha value is -2.49. The molecule has 0 aliphatic carbocycles. The molecule has 2 rings (SSSR count). The standard InChI is InChI=1S/C38H57NO2.ClH/c1-30(2)13-8-14-31(3)15-9-16-32(4)17-10-18-33(5)19-11-20-34(6)21-12-22-35(7)25-26-39-28-36-23-24-37-38(27-36)41-29-40-37;/h13,15,17,19,21,23-25,27,39H,8-12,14,16,18,20,22,26,28-29H2,1-7H3;1H. The lowest BCUT2D eigenvalue weighted by atomic mass is 10.0. The van der Waals surface area contributed by atoms with Gasteiger partial charge in [-0.3, -0.25) is 0 Å². The zero-order chi connectivity index (χ0) is 29.9. The summed E-state index contributed by atoms with van der Waals surface area (Å²) in [4.78, 5) is 0. The number of hydrogen-bond acceptors (Lipinski definition) is 3. The quantitative estimate of drug-likeness (QED) is 0.127. The van der Waals surface area contributed by atoms with E-state index < -0.39 is 0 Å². The molecule has 0 bridgehead atoms. The fraction of sp³-hybridized carbons (Fsp3) is 0.526. The molecule has 0 spiro atoms. The van der Waals surface area contributed by atoms with Gasteiger partial charge in [-0.15, -0.1) is 12.4 Å². The molecular formula is C38H58ClNO2. The van der Waals surface area contributed by atoms with Crippen molar-refractivity contribution in [1.82, 2.24) is 5.32 Å². The van der Waals surface area contributed by atoms with Gasteiger partial charge in [-0.05, 0) is 130 Å². The van der Waals surface area contributed by atoms with Gasteiger partial charge in [0.1, 0.15) is 0 Å². The first kappa shape index (κ1) is 37.5. The molecule has 4 heteroatoms. The minimum absolute atomic E-state index is 0. The number of fused-ring (bicyclic) bond motifs is 1. The molecular weight excluding hydrogens is 538 g/mol. The largest absolute Gasteiger partial charge is 0.454 e. The van der Waals surface area contributed by atoms with Crippen LogP contribution in [0.4, 0.5) is 0 Å². The second kappa shape index (κ2) is 22.1. The third-order valence-electron chi connectivity index (χ3n) is 7.58. The topological polar surface area (TPSA) is 30.5 Å². The van der Waals surface area contributed by atoms with Crippen molar-refractivity contribution in [2.75, 3.05) is 13.3 Å². The van der Waals surface area contributed by atoms with Crippen molar-refractivity contribution >= 4 is 12.4 Å². The Bertz CT molecular complexity index is 1120. The molecule has 1 aliphatic rings. The molecule has 234 valence electrons. The highest BCUT2D eigenvalue weighted by Crippen LogP contribution is 2.32. The van der Waals surface area contributed by atoms with Crippen molar-refractivity contribution < 1.29 is 9.47 Å². The smallest absolute Gasteiger partial charge is 0.231 e. The van der Waals surface area contributed by atoms with E-state index in [1.165, 1.54) is 64.7 Å². The van der Waals surface area contributed by atoms with Crippen LogP contribution < -0.4 is 14.8 Å². The van der Waals surface area contributed by atoms with Gasteiger partial charge >= 0.3 is 0 Å². The SMILES string of the molecule is CC(C)=CCCC(C)=CCCC(C)=CCCC(C)=CCCC(C)=CCCC(C)=CCNCc1ccc2c(c1)OCO2.Cl. The predicted octanol–water partition coefficient (Wildman–Crippen LogP) is 11.5. The fourth-order valence-electron chi connectivity index (χ4n) is 4.80. The third-order valence-corrected chi connectivity index (χ3v) is 7.58. The van der Waals surface area contributed by atoms with Crippen LogP contribution in [-0.4, -0.2) is 13.3 Å². The first-order valence-corrected chi connectivity index (χ1v) is 15.7. The van der Waals surface area contributed by atoms with Gasteiger partial charge in [-0.1, -0.05) is 76.0 Å². The van der Waals surface area contributed by atoms with Crippen molar-refractivity contribution in [3.63, 3.8) is 0 Å². The molecule has 0 unspecified atom stereocenters. The maximum absolute atomic E-state index is 5.46. The van der Waals surface area contributed by atoms with E-state index in [0.717, 1.165) is 63.1 Å². The number of allylic oxidation sites excluding steroid dienone is 11. The van der Waals surface area contributed by atoms with Crippen LogP contribution in [0, 0.1) is 0 Å². The summed E-state index contributed by atoms with van der Waals surface area (Å²) in [6, 6.07) is 6.14. The molecule has 0 aromatic heterocycles. The second-order valence-corrected chi connectivity index (χ2v) is 12.0. The first-order chi connectivity index (χ1) is 19.7. The van der Waals surface area contributed by atoms with Crippen LogP contribution in [-0.2, 0) is 6.54 Å². The van der Waals surface area contributed by atoms with E-state index in [4.69, 9.17) is 9.47 Å². The monoisotopic (exact) mass is 595 g/mol.